The van der Waals surface area contributed by atoms with E-state index in [4.69, 9.17) is 10.00 Å². The average molecular weight is 310 g/mol. The van der Waals surface area contributed by atoms with Crippen LogP contribution in [0.3, 0.4) is 0 Å². The lowest BCUT2D eigenvalue weighted by atomic mass is 10.1. The van der Waals surface area contributed by atoms with E-state index in [0.29, 0.717) is 11.1 Å². The van der Waals surface area contributed by atoms with Gasteiger partial charge in [-0.3, -0.25) is 0 Å². The monoisotopic (exact) mass is 310 g/mol. The van der Waals surface area contributed by atoms with Crippen LogP contribution < -0.4 is 4.74 Å². The van der Waals surface area contributed by atoms with Crippen molar-refractivity contribution in [2.24, 2.45) is 0 Å². The van der Waals surface area contributed by atoms with Crippen molar-refractivity contribution in [3.8, 4) is 11.9 Å². The summed E-state index contributed by atoms with van der Waals surface area (Å²) in [7, 11) is 0. The highest BCUT2D eigenvalue weighted by atomic mass is 19.4. The summed E-state index contributed by atoms with van der Waals surface area (Å²) in [5, 5.41) is 8.88. The van der Waals surface area contributed by atoms with E-state index in [0.717, 1.165) is 12.1 Å². The third kappa shape index (κ3) is 3.73. The summed E-state index contributed by atoms with van der Waals surface area (Å²) in [5.41, 5.74) is -0.110. The van der Waals surface area contributed by atoms with Crippen molar-refractivity contribution in [3.05, 3.63) is 58.8 Å². The fraction of sp³-hybridized carbons (Fsp3) is 0.200. The number of hydrogen-bond acceptors (Lipinski definition) is 3. The number of nitrogens with zero attached hydrogens (tertiary/aromatic N) is 2. The summed E-state index contributed by atoms with van der Waals surface area (Å²) in [4.78, 5) is 3.33. The molecule has 0 bridgehead atoms. The summed E-state index contributed by atoms with van der Waals surface area (Å²) >= 11 is 0. The van der Waals surface area contributed by atoms with Crippen LogP contribution in [0.2, 0.25) is 0 Å². The van der Waals surface area contributed by atoms with E-state index in [1.54, 1.807) is 30.3 Å². The number of nitriles is 1. The molecule has 3 nitrogen and oxygen atoms in total. The first kappa shape index (κ1) is 15.8. The van der Waals surface area contributed by atoms with Crippen LogP contribution in [0.15, 0.2) is 36.4 Å². The quantitative estimate of drug-likeness (QED) is 0.801. The van der Waals surface area contributed by atoms with Crippen LogP contribution in [0.4, 0.5) is 17.6 Å². The Hall–Kier alpha value is -2.62. The van der Waals surface area contributed by atoms with Crippen LogP contribution in [0.5, 0.6) is 5.88 Å². The third-order valence-electron chi connectivity index (χ3n) is 2.82. The maximum absolute atomic E-state index is 12.6. The third-order valence-corrected chi connectivity index (χ3v) is 2.82. The Bertz CT molecular complexity index is 690. The average Bonchev–Trinajstić information content (AvgIpc) is 2.52. The van der Waals surface area contributed by atoms with Crippen molar-refractivity contribution in [2.75, 3.05) is 0 Å². The molecule has 0 spiro atoms. The molecule has 22 heavy (non-hydrogen) atoms. The molecule has 1 heterocycles. The van der Waals surface area contributed by atoms with Crippen LogP contribution in [0, 0.1) is 11.3 Å². The van der Waals surface area contributed by atoms with Gasteiger partial charge in [0.1, 0.15) is 30.6 Å². The number of hydrogen-bond donors (Lipinski definition) is 0. The van der Waals surface area contributed by atoms with Crippen molar-refractivity contribution in [1.82, 2.24) is 4.98 Å². The standard InChI is InChI=1S/C15H10F4N2O/c16-7-10-1-3-11(4-2-10)9-22-14-12(8-20)5-6-13(21-14)15(17,18)19/h1-6H,7,9H2. The molecule has 114 valence electrons. The number of pyridine rings is 1. The maximum Gasteiger partial charge on any atom is 0.433 e. The normalized spacial score (nSPS) is 11.0. The van der Waals surface area contributed by atoms with Crippen LogP contribution in [-0.4, -0.2) is 4.98 Å². The molecule has 0 N–H and O–H groups in total. The van der Waals surface area contributed by atoms with Gasteiger partial charge in [-0.2, -0.15) is 18.4 Å². The van der Waals surface area contributed by atoms with E-state index >= 15 is 0 Å². The molecular weight excluding hydrogens is 300 g/mol. The smallest absolute Gasteiger partial charge is 0.433 e. The molecule has 0 aliphatic heterocycles. The van der Waals surface area contributed by atoms with Gasteiger partial charge < -0.3 is 4.74 Å². The minimum absolute atomic E-state index is 0.0739. The molecule has 0 amide bonds. The van der Waals surface area contributed by atoms with Gasteiger partial charge in [0.2, 0.25) is 5.88 Å². The van der Waals surface area contributed by atoms with Gasteiger partial charge in [0, 0.05) is 0 Å². The molecule has 2 rings (SSSR count). The van der Waals surface area contributed by atoms with Crippen LogP contribution in [0.25, 0.3) is 0 Å². The predicted molar refractivity (Wildman–Crippen MR) is 69.5 cm³/mol. The molecular formula is C15H10F4N2O. The van der Waals surface area contributed by atoms with E-state index in [2.05, 4.69) is 4.98 Å². The Morgan fingerprint density at radius 2 is 1.68 bits per heavy atom. The lowest BCUT2D eigenvalue weighted by molar-refractivity contribution is -0.141. The SMILES string of the molecule is N#Cc1ccc(C(F)(F)F)nc1OCc1ccc(CF)cc1. The molecule has 0 saturated heterocycles. The molecule has 2 aromatic rings. The van der Waals surface area contributed by atoms with Crippen molar-refractivity contribution in [3.63, 3.8) is 0 Å². The second-order valence-electron chi connectivity index (χ2n) is 4.40. The van der Waals surface area contributed by atoms with Gasteiger partial charge in [-0.1, -0.05) is 24.3 Å². The van der Waals surface area contributed by atoms with Gasteiger partial charge in [-0.25, -0.2) is 9.37 Å². The van der Waals surface area contributed by atoms with Gasteiger partial charge >= 0.3 is 6.18 Å². The van der Waals surface area contributed by atoms with Crippen LogP contribution >= 0.6 is 0 Å². The van der Waals surface area contributed by atoms with E-state index in [9.17, 15) is 17.6 Å². The second kappa shape index (κ2) is 6.43. The Labute approximate surface area is 123 Å². The highest BCUT2D eigenvalue weighted by Crippen LogP contribution is 2.30. The highest BCUT2D eigenvalue weighted by Gasteiger charge is 2.33. The summed E-state index contributed by atoms with van der Waals surface area (Å²) in [6.07, 6.45) is -4.62. The zero-order valence-corrected chi connectivity index (χ0v) is 11.2. The van der Waals surface area contributed by atoms with Gasteiger partial charge in [0.15, 0.2) is 0 Å². The zero-order valence-electron chi connectivity index (χ0n) is 11.2. The number of benzene rings is 1. The summed E-state index contributed by atoms with van der Waals surface area (Å²) in [6.45, 7) is -0.676. The van der Waals surface area contributed by atoms with Crippen molar-refractivity contribution >= 4 is 0 Å². The van der Waals surface area contributed by atoms with E-state index < -0.39 is 18.5 Å². The van der Waals surface area contributed by atoms with Crippen molar-refractivity contribution in [2.45, 2.75) is 19.5 Å². The van der Waals surface area contributed by atoms with Gasteiger partial charge in [-0.05, 0) is 23.3 Å². The zero-order chi connectivity index (χ0) is 16.2. The highest BCUT2D eigenvalue weighted by molar-refractivity contribution is 5.39. The molecule has 0 fully saturated rings. The fourth-order valence-corrected chi connectivity index (χ4v) is 1.67. The molecule has 7 heteroatoms. The van der Waals surface area contributed by atoms with E-state index in [-0.39, 0.29) is 18.1 Å². The largest absolute Gasteiger partial charge is 0.472 e. The number of aromatic nitrogens is 1. The second-order valence-corrected chi connectivity index (χ2v) is 4.40. The van der Waals surface area contributed by atoms with Gasteiger partial charge in [-0.15, -0.1) is 0 Å². The minimum atomic E-state index is -4.62. The Balaban J connectivity index is 2.18. The molecule has 0 saturated carbocycles. The number of alkyl halides is 4. The first-order valence-corrected chi connectivity index (χ1v) is 6.19. The Morgan fingerprint density at radius 1 is 1.05 bits per heavy atom. The minimum Gasteiger partial charge on any atom is -0.472 e. The fourth-order valence-electron chi connectivity index (χ4n) is 1.67. The van der Waals surface area contributed by atoms with Crippen molar-refractivity contribution in [1.29, 1.82) is 5.26 Å². The summed E-state index contributed by atoms with van der Waals surface area (Å²) in [6, 6.07) is 9.73. The summed E-state index contributed by atoms with van der Waals surface area (Å²) in [5.74, 6) is -0.383. The van der Waals surface area contributed by atoms with E-state index in [1.807, 2.05) is 0 Å². The van der Waals surface area contributed by atoms with Crippen molar-refractivity contribution < 1.29 is 22.3 Å². The van der Waals surface area contributed by atoms with Gasteiger partial charge in [0.25, 0.3) is 0 Å². The lowest BCUT2D eigenvalue weighted by Gasteiger charge is -2.10. The van der Waals surface area contributed by atoms with Crippen LogP contribution in [-0.2, 0) is 19.5 Å². The predicted octanol–water partition coefficient (Wildman–Crippen LogP) is 4.02. The molecule has 1 aromatic carbocycles. The Morgan fingerprint density at radius 3 is 2.23 bits per heavy atom. The molecule has 0 atom stereocenters. The molecule has 0 radical (unpaired) electrons. The lowest BCUT2D eigenvalue weighted by Crippen LogP contribution is -2.10. The number of ether oxygens (including phenoxy) is 1. The number of halogens is 4. The topological polar surface area (TPSA) is 45.9 Å². The summed E-state index contributed by atoms with van der Waals surface area (Å²) < 4.78 is 55.4. The maximum atomic E-state index is 12.6. The first-order chi connectivity index (χ1) is 10.4. The van der Waals surface area contributed by atoms with Gasteiger partial charge in [0.05, 0.1) is 0 Å². The number of rotatable bonds is 4. The molecule has 0 aliphatic carbocycles. The molecule has 1 aromatic heterocycles. The van der Waals surface area contributed by atoms with E-state index in [1.165, 1.54) is 0 Å². The Kier molecular flexibility index (Phi) is 4.61. The first-order valence-electron chi connectivity index (χ1n) is 6.19. The molecule has 0 unspecified atom stereocenters. The molecule has 0 aliphatic rings. The van der Waals surface area contributed by atoms with Crippen LogP contribution in [0.1, 0.15) is 22.4 Å².